The van der Waals surface area contributed by atoms with Crippen LogP contribution in [-0.2, 0) is 0 Å². The topological polar surface area (TPSA) is 58.4 Å². The molecule has 0 spiro atoms. The maximum atomic E-state index is 12.3. The number of hydrogen-bond donors (Lipinski definition) is 2. The van der Waals surface area contributed by atoms with Gasteiger partial charge in [0.15, 0.2) is 0 Å². The Bertz CT molecular complexity index is 517. The third-order valence-electron chi connectivity index (χ3n) is 2.61. The molecule has 1 aliphatic rings. The molecule has 1 amide bonds. The lowest BCUT2D eigenvalue weighted by Crippen LogP contribution is -2.42. The van der Waals surface area contributed by atoms with E-state index in [9.17, 15) is 4.79 Å². The standard InChI is InChI=1S/C13H15N3O/c1-9-7-8-10(2)16(15-9)13(17)11-5-3-4-6-12(11)14/h3-8,15H,14H2,1-2H3. The van der Waals surface area contributed by atoms with Crippen molar-refractivity contribution in [2.75, 3.05) is 5.73 Å². The molecule has 1 heterocycles. The van der Waals surface area contributed by atoms with Gasteiger partial charge in [-0.2, -0.15) is 0 Å². The van der Waals surface area contributed by atoms with Crippen LogP contribution in [0.5, 0.6) is 0 Å². The van der Waals surface area contributed by atoms with E-state index >= 15 is 0 Å². The number of hydrogen-bond acceptors (Lipinski definition) is 3. The van der Waals surface area contributed by atoms with Gasteiger partial charge in [0.05, 0.1) is 5.56 Å². The summed E-state index contributed by atoms with van der Waals surface area (Å²) >= 11 is 0. The number of hydrazine groups is 1. The van der Waals surface area contributed by atoms with Gasteiger partial charge in [-0.25, -0.2) is 5.01 Å². The van der Waals surface area contributed by atoms with Crippen LogP contribution in [0.1, 0.15) is 24.2 Å². The Morgan fingerprint density at radius 3 is 2.65 bits per heavy atom. The van der Waals surface area contributed by atoms with Crippen LogP contribution in [0.25, 0.3) is 0 Å². The predicted molar refractivity (Wildman–Crippen MR) is 67.7 cm³/mol. The number of benzene rings is 1. The number of rotatable bonds is 1. The number of amides is 1. The largest absolute Gasteiger partial charge is 0.398 e. The number of nitrogen functional groups attached to an aromatic ring is 1. The molecule has 0 unspecified atom stereocenters. The van der Waals surface area contributed by atoms with Gasteiger partial charge in [-0.1, -0.05) is 12.1 Å². The summed E-state index contributed by atoms with van der Waals surface area (Å²) in [4.78, 5) is 12.3. The lowest BCUT2D eigenvalue weighted by Gasteiger charge is -2.28. The molecule has 88 valence electrons. The van der Waals surface area contributed by atoms with E-state index in [1.165, 1.54) is 5.01 Å². The van der Waals surface area contributed by atoms with Gasteiger partial charge in [-0.3, -0.25) is 10.2 Å². The van der Waals surface area contributed by atoms with Crippen LogP contribution < -0.4 is 11.2 Å². The van der Waals surface area contributed by atoms with Crippen LogP contribution in [0.4, 0.5) is 5.69 Å². The molecule has 0 atom stereocenters. The van der Waals surface area contributed by atoms with Crippen LogP contribution >= 0.6 is 0 Å². The zero-order chi connectivity index (χ0) is 12.4. The lowest BCUT2D eigenvalue weighted by molar-refractivity contribution is 0.0751. The quantitative estimate of drug-likeness (QED) is 0.724. The SMILES string of the molecule is CC1=CC=C(C)N(C(=O)c2ccccc2N)N1. The molecule has 0 bridgehead atoms. The Morgan fingerprint density at radius 1 is 1.24 bits per heavy atom. The molecule has 2 rings (SSSR count). The first-order valence-electron chi connectivity index (χ1n) is 5.40. The van der Waals surface area contributed by atoms with Crippen LogP contribution in [0.3, 0.4) is 0 Å². The van der Waals surface area contributed by atoms with Gasteiger partial charge in [0, 0.05) is 17.1 Å². The minimum absolute atomic E-state index is 0.149. The predicted octanol–water partition coefficient (Wildman–Crippen LogP) is 2.04. The molecule has 0 fully saturated rings. The van der Waals surface area contributed by atoms with E-state index in [4.69, 9.17) is 5.73 Å². The minimum Gasteiger partial charge on any atom is -0.398 e. The summed E-state index contributed by atoms with van der Waals surface area (Å²) in [6.07, 6.45) is 3.82. The van der Waals surface area contributed by atoms with E-state index in [1.807, 2.05) is 32.1 Å². The number of carbonyl (C=O) groups excluding carboxylic acids is 1. The summed E-state index contributed by atoms with van der Waals surface area (Å²) in [5, 5.41) is 1.50. The van der Waals surface area contributed by atoms with Crippen molar-refractivity contribution in [1.29, 1.82) is 0 Å². The third kappa shape index (κ3) is 2.15. The van der Waals surface area contributed by atoms with Crippen molar-refractivity contribution < 1.29 is 4.79 Å². The average Bonchev–Trinajstić information content (AvgIpc) is 2.32. The zero-order valence-corrected chi connectivity index (χ0v) is 9.90. The maximum absolute atomic E-state index is 12.3. The van der Waals surface area contributed by atoms with E-state index in [-0.39, 0.29) is 5.91 Å². The number of carbonyl (C=O) groups is 1. The second kappa shape index (κ2) is 4.33. The molecular formula is C13H15N3O. The molecule has 0 radical (unpaired) electrons. The lowest BCUT2D eigenvalue weighted by atomic mass is 10.1. The summed E-state index contributed by atoms with van der Waals surface area (Å²) in [5.74, 6) is -0.149. The van der Waals surface area contributed by atoms with Gasteiger partial charge in [-0.15, -0.1) is 0 Å². The smallest absolute Gasteiger partial charge is 0.278 e. The van der Waals surface area contributed by atoms with E-state index in [0.29, 0.717) is 11.3 Å². The van der Waals surface area contributed by atoms with Gasteiger partial charge in [0.25, 0.3) is 5.91 Å². The molecule has 4 nitrogen and oxygen atoms in total. The van der Waals surface area contributed by atoms with Crippen molar-refractivity contribution in [3.8, 4) is 0 Å². The maximum Gasteiger partial charge on any atom is 0.278 e. The van der Waals surface area contributed by atoms with Gasteiger partial charge in [-0.05, 0) is 38.1 Å². The summed E-state index contributed by atoms with van der Waals surface area (Å²) in [5.41, 5.74) is 11.6. The monoisotopic (exact) mass is 229 g/mol. The van der Waals surface area contributed by atoms with E-state index in [2.05, 4.69) is 5.43 Å². The van der Waals surface area contributed by atoms with Crippen LogP contribution in [-0.4, -0.2) is 10.9 Å². The first kappa shape index (κ1) is 11.3. The first-order chi connectivity index (χ1) is 8.09. The van der Waals surface area contributed by atoms with Crippen LogP contribution in [0.2, 0.25) is 0 Å². The Kier molecular flexibility index (Phi) is 2.87. The molecule has 1 aromatic carbocycles. The fourth-order valence-electron chi connectivity index (χ4n) is 1.65. The highest BCUT2D eigenvalue weighted by atomic mass is 16.2. The average molecular weight is 229 g/mol. The van der Waals surface area contributed by atoms with Crippen molar-refractivity contribution in [2.45, 2.75) is 13.8 Å². The normalized spacial score (nSPS) is 14.8. The highest BCUT2D eigenvalue weighted by molar-refractivity contribution is 5.99. The Balaban J connectivity index is 2.31. The van der Waals surface area contributed by atoms with Gasteiger partial charge in [0.1, 0.15) is 0 Å². The van der Waals surface area contributed by atoms with E-state index in [1.54, 1.807) is 18.2 Å². The molecular weight excluding hydrogens is 214 g/mol. The molecule has 1 aliphatic heterocycles. The summed E-state index contributed by atoms with van der Waals surface area (Å²) < 4.78 is 0. The summed E-state index contributed by atoms with van der Waals surface area (Å²) in [6, 6.07) is 7.05. The molecule has 0 aliphatic carbocycles. The molecule has 0 saturated heterocycles. The molecule has 0 saturated carbocycles. The number of para-hydroxylation sites is 1. The van der Waals surface area contributed by atoms with Crippen molar-refractivity contribution in [1.82, 2.24) is 10.4 Å². The van der Waals surface area contributed by atoms with Gasteiger partial charge in [0.2, 0.25) is 0 Å². The zero-order valence-electron chi connectivity index (χ0n) is 9.90. The fourth-order valence-corrected chi connectivity index (χ4v) is 1.65. The van der Waals surface area contributed by atoms with Gasteiger partial charge >= 0.3 is 0 Å². The molecule has 3 N–H and O–H groups in total. The van der Waals surface area contributed by atoms with Crippen molar-refractivity contribution in [3.63, 3.8) is 0 Å². The Labute approximate surface area is 100 Å². The Hall–Kier alpha value is -2.23. The molecule has 4 heteroatoms. The van der Waals surface area contributed by atoms with Crippen LogP contribution in [0.15, 0.2) is 47.8 Å². The van der Waals surface area contributed by atoms with Crippen LogP contribution in [0, 0.1) is 0 Å². The number of nitrogens with one attached hydrogen (secondary N) is 1. The third-order valence-corrected chi connectivity index (χ3v) is 2.61. The number of allylic oxidation sites excluding steroid dienone is 4. The Morgan fingerprint density at radius 2 is 1.94 bits per heavy atom. The van der Waals surface area contributed by atoms with Gasteiger partial charge < -0.3 is 5.73 Å². The van der Waals surface area contributed by atoms with Crippen molar-refractivity contribution >= 4 is 11.6 Å². The van der Waals surface area contributed by atoms with Crippen molar-refractivity contribution in [3.05, 3.63) is 53.4 Å². The molecule has 0 aromatic heterocycles. The first-order valence-corrected chi connectivity index (χ1v) is 5.40. The second-order valence-electron chi connectivity index (χ2n) is 4.00. The minimum atomic E-state index is -0.149. The fraction of sp³-hybridized carbons (Fsp3) is 0.154. The summed E-state index contributed by atoms with van der Waals surface area (Å²) in [7, 11) is 0. The molecule has 17 heavy (non-hydrogen) atoms. The molecule has 1 aromatic rings. The van der Waals surface area contributed by atoms with Crippen molar-refractivity contribution in [2.24, 2.45) is 0 Å². The highest BCUT2D eigenvalue weighted by Crippen LogP contribution is 2.17. The number of nitrogens with zero attached hydrogens (tertiary/aromatic N) is 1. The number of nitrogens with two attached hydrogens (primary N) is 1. The highest BCUT2D eigenvalue weighted by Gasteiger charge is 2.20. The van der Waals surface area contributed by atoms with E-state index < -0.39 is 0 Å². The summed E-state index contributed by atoms with van der Waals surface area (Å²) in [6.45, 7) is 3.77. The second-order valence-corrected chi connectivity index (χ2v) is 4.00. The number of anilines is 1. The van der Waals surface area contributed by atoms with E-state index in [0.717, 1.165) is 11.4 Å².